The summed E-state index contributed by atoms with van der Waals surface area (Å²) in [6.07, 6.45) is 5.08. The van der Waals surface area contributed by atoms with Crippen molar-refractivity contribution in [3.8, 4) is 0 Å². The third-order valence-corrected chi connectivity index (χ3v) is 3.48. The molecule has 0 spiro atoms. The first-order chi connectivity index (χ1) is 11.1. The van der Waals surface area contributed by atoms with E-state index in [-0.39, 0.29) is 0 Å². The average molecular weight is 349 g/mol. The predicted octanol–water partition coefficient (Wildman–Crippen LogP) is 4.57. The molecule has 0 aliphatic heterocycles. The Morgan fingerprint density at radius 1 is 1.35 bits per heavy atom. The Morgan fingerprint density at radius 3 is 2.96 bits per heavy atom. The Morgan fingerprint density at radius 2 is 2.17 bits per heavy atom. The van der Waals surface area contributed by atoms with Crippen molar-refractivity contribution in [2.24, 2.45) is 4.99 Å². The number of aliphatic imine (C=N–C) groups is 1. The molecule has 0 bridgehead atoms. The standard InChI is InChI=1S/C17H18Cl2N4/c1-3-20-17(19)10-12(2)21-8-9-23-15-6-7-22-16-11-13(18)4-5-14(15)16/h3-7,10-11,21H,2,8-9H2,1H3,(H,22,23)/b17-10-,20-3?. The summed E-state index contributed by atoms with van der Waals surface area (Å²) in [5, 5.41) is 8.66. The summed E-state index contributed by atoms with van der Waals surface area (Å²) in [5.74, 6) is 0. The van der Waals surface area contributed by atoms with Gasteiger partial charge < -0.3 is 10.6 Å². The van der Waals surface area contributed by atoms with Gasteiger partial charge in [0.1, 0.15) is 5.16 Å². The van der Waals surface area contributed by atoms with Gasteiger partial charge in [-0.15, -0.1) is 0 Å². The lowest BCUT2D eigenvalue weighted by Crippen LogP contribution is -2.20. The number of hydrogen-bond acceptors (Lipinski definition) is 4. The molecule has 0 unspecified atom stereocenters. The number of nitrogens with one attached hydrogen (secondary N) is 2. The summed E-state index contributed by atoms with van der Waals surface area (Å²) in [6, 6.07) is 7.61. The molecule has 0 amide bonds. The van der Waals surface area contributed by atoms with Gasteiger partial charge >= 0.3 is 0 Å². The number of rotatable bonds is 7. The van der Waals surface area contributed by atoms with Crippen LogP contribution in [-0.4, -0.2) is 24.3 Å². The minimum Gasteiger partial charge on any atom is -0.384 e. The van der Waals surface area contributed by atoms with Gasteiger partial charge in [-0.2, -0.15) is 0 Å². The summed E-state index contributed by atoms with van der Waals surface area (Å²) < 4.78 is 0. The summed E-state index contributed by atoms with van der Waals surface area (Å²) in [5.41, 5.74) is 2.60. The minimum atomic E-state index is 0.398. The van der Waals surface area contributed by atoms with E-state index in [1.807, 2.05) is 31.2 Å². The van der Waals surface area contributed by atoms with Crippen LogP contribution in [0.4, 0.5) is 5.69 Å². The summed E-state index contributed by atoms with van der Waals surface area (Å²) in [6.45, 7) is 7.12. The molecule has 2 aromatic rings. The number of anilines is 1. The van der Waals surface area contributed by atoms with Crippen LogP contribution >= 0.6 is 23.2 Å². The number of allylic oxidation sites excluding steroid dienone is 1. The Bertz CT molecular complexity index is 753. The van der Waals surface area contributed by atoms with Crippen LogP contribution in [0.1, 0.15) is 6.92 Å². The van der Waals surface area contributed by atoms with Crippen LogP contribution in [-0.2, 0) is 0 Å². The molecule has 2 rings (SSSR count). The SMILES string of the molecule is C=C(/C=C(/Cl)N=CC)NCCNc1ccnc2cc(Cl)ccc12. The molecule has 4 nitrogen and oxygen atoms in total. The highest BCUT2D eigenvalue weighted by molar-refractivity contribution is 6.31. The zero-order valence-corrected chi connectivity index (χ0v) is 14.3. The largest absolute Gasteiger partial charge is 0.384 e. The molecular formula is C17H18Cl2N4. The van der Waals surface area contributed by atoms with Crippen LogP contribution in [0, 0.1) is 0 Å². The smallest absolute Gasteiger partial charge is 0.130 e. The predicted molar refractivity (Wildman–Crippen MR) is 100 cm³/mol. The van der Waals surface area contributed by atoms with E-state index in [9.17, 15) is 0 Å². The molecule has 23 heavy (non-hydrogen) atoms. The molecule has 0 aliphatic carbocycles. The van der Waals surface area contributed by atoms with E-state index in [1.54, 1.807) is 18.5 Å². The molecule has 120 valence electrons. The van der Waals surface area contributed by atoms with Crippen molar-refractivity contribution in [3.05, 3.63) is 59.0 Å². The number of fused-ring (bicyclic) bond motifs is 1. The molecular weight excluding hydrogens is 331 g/mol. The Hall–Kier alpha value is -2.04. The number of benzene rings is 1. The number of halogens is 2. The zero-order chi connectivity index (χ0) is 16.7. The average Bonchev–Trinajstić information content (AvgIpc) is 2.51. The fourth-order valence-corrected chi connectivity index (χ4v) is 2.45. The third kappa shape index (κ3) is 5.27. The Kier molecular flexibility index (Phi) is 6.44. The van der Waals surface area contributed by atoms with Crippen molar-refractivity contribution >= 4 is 46.0 Å². The Labute approximate surface area is 145 Å². The van der Waals surface area contributed by atoms with E-state index >= 15 is 0 Å². The monoisotopic (exact) mass is 348 g/mol. The highest BCUT2D eigenvalue weighted by atomic mass is 35.5. The second-order valence-electron chi connectivity index (χ2n) is 4.75. The van der Waals surface area contributed by atoms with Gasteiger partial charge in [-0.1, -0.05) is 29.8 Å². The lowest BCUT2D eigenvalue weighted by molar-refractivity contribution is 0.840. The molecule has 6 heteroatoms. The molecule has 0 saturated heterocycles. The van der Waals surface area contributed by atoms with Crippen molar-refractivity contribution in [2.45, 2.75) is 6.92 Å². The van der Waals surface area contributed by atoms with Gasteiger partial charge in [-0.05, 0) is 37.3 Å². The lowest BCUT2D eigenvalue weighted by atomic mass is 10.2. The summed E-state index contributed by atoms with van der Waals surface area (Å²) in [4.78, 5) is 8.27. The normalized spacial score (nSPS) is 11.9. The van der Waals surface area contributed by atoms with Gasteiger partial charge in [-0.25, -0.2) is 4.99 Å². The molecule has 1 heterocycles. The number of pyridine rings is 1. The minimum absolute atomic E-state index is 0.398. The molecule has 0 saturated carbocycles. The van der Waals surface area contributed by atoms with Gasteiger partial charge in [0.15, 0.2) is 0 Å². The summed E-state index contributed by atoms with van der Waals surface area (Å²) in [7, 11) is 0. The maximum absolute atomic E-state index is 5.99. The molecule has 1 aromatic carbocycles. The van der Waals surface area contributed by atoms with Gasteiger partial charge in [0.25, 0.3) is 0 Å². The first kappa shape index (κ1) is 17.3. The van der Waals surface area contributed by atoms with Crippen molar-refractivity contribution in [3.63, 3.8) is 0 Å². The highest BCUT2D eigenvalue weighted by Gasteiger charge is 2.02. The van der Waals surface area contributed by atoms with E-state index in [2.05, 4.69) is 27.2 Å². The van der Waals surface area contributed by atoms with Crippen LogP contribution in [0.2, 0.25) is 5.02 Å². The van der Waals surface area contributed by atoms with Crippen LogP contribution in [0.5, 0.6) is 0 Å². The number of nitrogens with zero attached hydrogens (tertiary/aromatic N) is 2. The molecule has 0 radical (unpaired) electrons. The van der Waals surface area contributed by atoms with E-state index in [0.717, 1.165) is 23.1 Å². The second-order valence-corrected chi connectivity index (χ2v) is 5.58. The lowest BCUT2D eigenvalue weighted by Gasteiger charge is -2.11. The van der Waals surface area contributed by atoms with Crippen molar-refractivity contribution < 1.29 is 0 Å². The van der Waals surface area contributed by atoms with Crippen LogP contribution in [0.25, 0.3) is 10.9 Å². The van der Waals surface area contributed by atoms with Gasteiger partial charge in [0, 0.05) is 47.3 Å². The first-order valence-corrected chi connectivity index (χ1v) is 7.92. The maximum atomic E-state index is 5.99. The quantitative estimate of drug-likeness (QED) is 0.333. The molecule has 0 atom stereocenters. The van der Waals surface area contributed by atoms with Crippen molar-refractivity contribution in [1.82, 2.24) is 10.3 Å². The van der Waals surface area contributed by atoms with Crippen molar-refractivity contribution in [2.75, 3.05) is 18.4 Å². The molecule has 2 N–H and O–H groups in total. The maximum Gasteiger partial charge on any atom is 0.130 e. The van der Waals surface area contributed by atoms with Gasteiger partial charge in [-0.3, -0.25) is 4.98 Å². The van der Waals surface area contributed by atoms with Gasteiger partial charge in [0.2, 0.25) is 0 Å². The molecule has 0 aliphatic rings. The van der Waals surface area contributed by atoms with E-state index in [0.29, 0.717) is 22.4 Å². The fourth-order valence-electron chi connectivity index (χ4n) is 2.05. The van der Waals surface area contributed by atoms with Gasteiger partial charge in [0.05, 0.1) is 5.52 Å². The number of hydrogen-bond donors (Lipinski definition) is 2. The van der Waals surface area contributed by atoms with Crippen LogP contribution in [0.15, 0.2) is 59.0 Å². The zero-order valence-electron chi connectivity index (χ0n) is 12.8. The van der Waals surface area contributed by atoms with E-state index < -0.39 is 0 Å². The highest BCUT2D eigenvalue weighted by Crippen LogP contribution is 2.24. The first-order valence-electron chi connectivity index (χ1n) is 7.17. The Balaban J connectivity index is 1.90. The summed E-state index contributed by atoms with van der Waals surface area (Å²) >= 11 is 11.9. The van der Waals surface area contributed by atoms with Crippen LogP contribution in [0.3, 0.4) is 0 Å². The topological polar surface area (TPSA) is 49.3 Å². The van der Waals surface area contributed by atoms with E-state index in [4.69, 9.17) is 23.2 Å². The molecule has 1 aromatic heterocycles. The third-order valence-electron chi connectivity index (χ3n) is 3.04. The number of aromatic nitrogens is 1. The second kappa shape index (κ2) is 8.56. The molecule has 0 fully saturated rings. The van der Waals surface area contributed by atoms with Crippen molar-refractivity contribution in [1.29, 1.82) is 0 Å². The van der Waals surface area contributed by atoms with Crippen LogP contribution < -0.4 is 10.6 Å². The fraction of sp³-hybridized carbons (Fsp3) is 0.176. The van der Waals surface area contributed by atoms with E-state index in [1.165, 1.54) is 0 Å².